The first-order valence-corrected chi connectivity index (χ1v) is 5.26. The summed E-state index contributed by atoms with van der Waals surface area (Å²) < 4.78 is 1.28. The molecule has 0 heterocycles. The van der Waals surface area contributed by atoms with E-state index >= 15 is 0 Å². The smallest absolute Gasteiger partial charge is 0.0350 e. The Morgan fingerprint density at radius 2 is 2.17 bits per heavy atom. The zero-order chi connectivity index (χ0) is 8.97. The van der Waals surface area contributed by atoms with Crippen molar-refractivity contribution in [3.63, 3.8) is 0 Å². The van der Waals surface area contributed by atoms with Gasteiger partial charge in [0.2, 0.25) is 0 Å². The molecule has 12 heavy (non-hydrogen) atoms. The summed E-state index contributed by atoms with van der Waals surface area (Å²) in [7, 11) is 0. The Kier molecular flexibility index (Phi) is 3.85. The fraction of sp³-hybridized carbons (Fsp3) is 0.400. The lowest BCUT2D eigenvalue weighted by atomic mass is 10.2. The maximum atomic E-state index is 3.38. The average molecular weight is 275 g/mol. The standard InChI is InChI=1S/C10H14IN/c1-8(2)7-12-10-5-3-4-9(11)6-10/h3-6,8,12H,7H2,1-2H3. The Hall–Kier alpha value is -0.250. The summed E-state index contributed by atoms with van der Waals surface area (Å²) in [4.78, 5) is 0. The van der Waals surface area contributed by atoms with Crippen molar-refractivity contribution in [3.05, 3.63) is 27.8 Å². The SMILES string of the molecule is CC(C)CNc1cccc(I)c1. The quantitative estimate of drug-likeness (QED) is 0.834. The van der Waals surface area contributed by atoms with Crippen LogP contribution in [-0.4, -0.2) is 6.54 Å². The van der Waals surface area contributed by atoms with E-state index < -0.39 is 0 Å². The van der Waals surface area contributed by atoms with Crippen molar-refractivity contribution in [1.82, 2.24) is 0 Å². The summed E-state index contributed by atoms with van der Waals surface area (Å²) in [6, 6.07) is 8.43. The minimum Gasteiger partial charge on any atom is -0.385 e. The fourth-order valence-corrected chi connectivity index (χ4v) is 1.46. The van der Waals surface area contributed by atoms with E-state index in [0.29, 0.717) is 5.92 Å². The second-order valence-corrected chi connectivity index (χ2v) is 4.53. The van der Waals surface area contributed by atoms with Crippen LogP contribution in [0.4, 0.5) is 5.69 Å². The highest BCUT2D eigenvalue weighted by Gasteiger charge is 1.94. The molecule has 0 atom stereocenters. The Morgan fingerprint density at radius 3 is 2.75 bits per heavy atom. The van der Waals surface area contributed by atoms with Crippen LogP contribution in [0.3, 0.4) is 0 Å². The van der Waals surface area contributed by atoms with E-state index in [2.05, 4.69) is 66.0 Å². The first kappa shape index (κ1) is 9.84. The van der Waals surface area contributed by atoms with Crippen molar-refractivity contribution >= 4 is 28.3 Å². The Labute approximate surface area is 87.7 Å². The van der Waals surface area contributed by atoms with Gasteiger partial charge in [0.15, 0.2) is 0 Å². The monoisotopic (exact) mass is 275 g/mol. The molecule has 66 valence electrons. The van der Waals surface area contributed by atoms with E-state index in [4.69, 9.17) is 0 Å². The van der Waals surface area contributed by atoms with Gasteiger partial charge in [-0.2, -0.15) is 0 Å². The highest BCUT2D eigenvalue weighted by molar-refractivity contribution is 14.1. The predicted molar refractivity (Wildman–Crippen MR) is 62.5 cm³/mol. The van der Waals surface area contributed by atoms with Gasteiger partial charge in [-0.25, -0.2) is 0 Å². The summed E-state index contributed by atoms with van der Waals surface area (Å²) >= 11 is 2.32. The van der Waals surface area contributed by atoms with Gasteiger partial charge >= 0.3 is 0 Å². The third-order valence-corrected chi connectivity index (χ3v) is 2.21. The first-order chi connectivity index (χ1) is 5.68. The minimum atomic E-state index is 0.697. The Balaban J connectivity index is 2.52. The van der Waals surface area contributed by atoms with Crippen LogP contribution in [0.25, 0.3) is 0 Å². The highest BCUT2D eigenvalue weighted by Crippen LogP contribution is 2.12. The molecule has 1 N–H and O–H groups in total. The molecule has 1 aromatic rings. The van der Waals surface area contributed by atoms with Gasteiger partial charge in [0.05, 0.1) is 0 Å². The van der Waals surface area contributed by atoms with E-state index in [-0.39, 0.29) is 0 Å². The van der Waals surface area contributed by atoms with Crippen molar-refractivity contribution < 1.29 is 0 Å². The van der Waals surface area contributed by atoms with Crippen molar-refractivity contribution in [2.75, 3.05) is 11.9 Å². The molecule has 2 heteroatoms. The number of rotatable bonds is 3. The highest BCUT2D eigenvalue weighted by atomic mass is 127. The predicted octanol–water partition coefficient (Wildman–Crippen LogP) is 3.36. The van der Waals surface area contributed by atoms with Gasteiger partial charge < -0.3 is 5.32 Å². The number of hydrogen-bond acceptors (Lipinski definition) is 1. The lowest BCUT2D eigenvalue weighted by Crippen LogP contribution is -2.07. The molecule has 1 rings (SSSR count). The molecule has 0 amide bonds. The first-order valence-electron chi connectivity index (χ1n) is 4.18. The lowest BCUT2D eigenvalue weighted by Gasteiger charge is -2.08. The van der Waals surface area contributed by atoms with Crippen LogP contribution < -0.4 is 5.32 Å². The molecule has 0 aliphatic heterocycles. The van der Waals surface area contributed by atoms with E-state index in [1.165, 1.54) is 9.26 Å². The molecule has 0 unspecified atom stereocenters. The van der Waals surface area contributed by atoms with Crippen LogP contribution in [-0.2, 0) is 0 Å². The van der Waals surface area contributed by atoms with E-state index in [1.807, 2.05) is 0 Å². The molecule has 0 saturated carbocycles. The van der Waals surface area contributed by atoms with Crippen LogP contribution in [0.1, 0.15) is 13.8 Å². The molecule has 0 radical (unpaired) electrons. The van der Waals surface area contributed by atoms with E-state index in [9.17, 15) is 0 Å². The van der Waals surface area contributed by atoms with Crippen LogP contribution >= 0.6 is 22.6 Å². The van der Waals surface area contributed by atoms with Crippen LogP contribution in [0, 0.1) is 9.49 Å². The molecule has 1 aromatic carbocycles. The number of hydrogen-bond donors (Lipinski definition) is 1. The maximum absolute atomic E-state index is 3.38. The Bertz CT molecular complexity index is 245. The topological polar surface area (TPSA) is 12.0 Å². The summed E-state index contributed by atoms with van der Waals surface area (Å²) in [5.41, 5.74) is 1.22. The fourth-order valence-electron chi connectivity index (χ4n) is 0.920. The van der Waals surface area contributed by atoms with Crippen molar-refractivity contribution in [2.24, 2.45) is 5.92 Å². The maximum Gasteiger partial charge on any atom is 0.0350 e. The molecule has 0 aliphatic rings. The minimum absolute atomic E-state index is 0.697. The molecule has 0 bridgehead atoms. The van der Waals surface area contributed by atoms with Crippen molar-refractivity contribution in [2.45, 2.75) is 13.8 Å². The van der Waals surface area contributed by atoms with Gasteiger partial charge in [-0.15, -0.1) is 0 Å². The van der Waals surface area contributed by atoms with E-state index in [1.54, 1.807) is 0 Å². The van der Waals surface area contributed by atoms with Crippen molar-refractivity contribution in [3.8, 4) is 0 Å². The molecule has 1 nitrogen and oxygen atoms in total. The summed E-state index contributed by atoms with van der Waals surface area (Å²) in [6.45, 7) is 5.46. The molecule has 0 spiro atoms. The molecule has 0 aliphatic carbocycles. The van der Waals surface area contributed by atoms with Gasteiger partial charge in [0.1, 0.15) is 0 Å². The number of halogens is 1. The molecule has 0 saturated heterocycles. The lowest BCUT2D eigenvalue weighted by molar-refractivity contribution is 0.689. The summed E-state index contributed by atoms with van der Waals surface area (Å²) in [5.74, 6) is 0.697. The van der Waals surface area contributed by atoms with Crippen LogP contribution in [0.15, 0.2) is 24.3 Å². The number of anilines is 1. The number of benzene rings is 1. The van der Waals surface area contributed by atoms with Crippen molar-refractivity contribution in [1.29, 1.82) is 0 Å². The third-order valence-electron chi connectivity index (χ3n) is 1.54. The van der Waals surface area contributed by atoms with Gasteiger partial charge in [-0.05, 0) is 46.7 Å². The van der Waals surface area contributed by atoms with Gasteiger partial charge in [-0.3, -0.25) is 0 Å². The second kappa shape index (κ2) is 4.70. The van der Waals surface area contributed by atoms with Gasteiger partial charge in [0.25, 0.3) is 0 Å². The van der Waals surface area contributed by atoms with Crippen LogP contribution in [0.2, 0.25) is 0 Å². The van der Waals surface area contributed by atoms with Gasteiger partial charge in [-0.1, -0.05) is 19.9 Å². The summed E-state index contributed by atoms with van der Waals surface area (Å²) in [5, 5.41) is 3.38. The van der Waals surface area contributed by atoms with E-state index in [0.717, 1.165) is 6.54 Å². The zero-order valence-corrected chi connectivity index (χ0v) is 9.63. The molecule has 0 aromatic heterocycles. The van der Waals surface area contributed by atoms with Crippen LogP contribution in [0.5, 0.6) is 0 Å². The third kappa shape index (κ3) is 3.43. The Morgan fingerprint density at radius 1 is 1.42 bits per heavy atom. The van der Waals surface area contributed by atoms with Gasteiger partial charge in [0, 0.05) is 15.8 Å². The average Bonchev–Trinajstić information content (AvgIpc) is 2.01. The normalized spacial score (nSPS) is 10.3. The molecule has 0 fully saturated rings. The largest absolute Gasteiger partial charge is 0.385 e. The second-order valence-electron chi connectivity index (χ2n) is 3.29. The molecular formula is C10H14IN. The zero-order valence-electron chi connectivity index (χ0n) is 7.47. The summed E-state index contributed by atoms with van der Waals surface area (Å²) in [6.07, 6.45) is 0. The molecular weight excluding hydrogens is 261 g/mol. The number of nitrogens with one attached hydrogen (secondary N) is 1.